The summed E-state index contributed by atoms with van der Waals surface area (Å²) in [5.41, 5.74) is 4.87. The average Bonchev–Trinajstić information content (AvgIpc) is 3.06. The highest BCUT2D eigenvalue weighted by molar-refractivity contribution is 5.79. The van der Waals surface area contributed by atoms with Crippen LogP contribution in [0.15, 0.2) is 48.5 Å². The number of piperazine rings is 1. The van der Waals surface area contributed by atoms with Crippen LogP contribution in [0.3, 0.4) is 0 Å². The van der Waals surface area contributed by atoms with Crippen molar-refractivity contribution in [1.29, 1.82) is 0 Å². The molecule has 6 nitrogen and oxygen atoms in total. The third kappa shape index (κ3) is 4.27. The number of carbonyl (C=O) groups excluding carboxylic acids is 1. The summed E-state index contributed by atoms with van der Waals surface area (Å²) in [4.78, 5) is 27.2. The molecule has 152 valence electrons. The van der Waals surface area contributed by atoms with Crippen molar-refractivity contribution in [2.45, 2.75) is 18.8 Å². The molecular formula is C23H26N2O4. The highest BCUT2D eigenvalue weighted by Crippen LogP contribution is 2.44. The molecule has 1 heterocycles. The maximum Gasteiger partial charge on any atom is 0.409 e. The van der Waals surface area contributed by atoms with Gasteiger partial charge in [-0.2, -0.15) is 0 Å². The standard InChI is InChI=1S/C23H26N2O4/c26-22(27)10-5-11-24-12-14-25(15-13-24)23(28)29-16-21-19-8-3-1-6-17(19)18-7-2-4-9-20(18)21/h1-4,6-9,21H,5,10-16H2,(H,26,27). The molecule has 1 aliphatic carbocycles. The Morgan fingerprint density at radius 1 is 0.931 bits per heavy atom. The largest absolute Gasteiger partial charge is 0.481 e. The van der Waals surface area contributed by atoms with E-state index in [4.69, 9.17) is 9.84 Å². The number of fused-ring (bicyclic) bond motifs is 3. The van der Waals surface area contributed by atoms with Gasteiger partial charge in [-0.25, -0.2) is 4.79 Å². The molecule has 0 unspecified atom stereocenters. The van der Waals surface area contributed by atoms with E-state index in [-0.39, 0.29) is 18.4 Å². The number of carboxylic acids is 1. The summed E-state index contributed by atoms with van der Waals surface area (Å²) in [5.74, 6) is -0.689. The molecule has 0 saturated carbocycles. The molecule has 0 bridgehead atoms. The highest BCUT2D eigenvalue weighted by atomic mass is 16.6. The molecule has 1 saturated heterocycles. The molecule has 2 aromatic carbocycles. The molecule has 1 fully saturated rings. The van der Waals surface area contributed by atoms with Crippen molar-refractivity contribution < 1.29 is 19.4 Å². The summed E-state index contributed by atoms with van der Waals surface area (Å²) in [6, 6.07) is 16.6. The quantitative estimate of drug-likeness (QED) is 0.813. The van der Waals surface area contributed by atoms with Gasteiger partial charge < -0.3 is 14.7 Å². The summed E-state index contributed by atoms with van der Waals surface area (Å²) in [7, 11) is 0. The number of hydrogen-bond donors (Lipinski definition) is 1. The van der Waals surface area contributed by atoms with Crippen LogP contribution in [0, 0.1) is 0 Å². The normalized spacial score (nSPS) is 16.3. The number of carbonyl (C=O) groups is 2. The average molecular weight is 394 g/mol. The van der Waals surface area contributed by atoms with Gasteiger partial charge in [0.2, 0.25) is 0 Å². The number of rotatable bonds is 6. The molecule has 0 radical (unpaired) electrons. The number of nitrogens with zero attached hydrogens (tertiary/aromatic N) is 2. The van der Waals surface area contributed by atoms with Crippen LogP contribution in [0.25, 0.3) is 11.1 Å². The Labute approximate surface area is 170 Å². The minimum atomic E-state index is -0.762. The highest BCUT2D eigenvalue weighted by Gasteiger charge is 2.30. The Morgan fingerprint density at radius 3 is 2.10 bits per heavy atom. The number of carboxylic acid groups (broad SMARTS) is 1. The van der Waals surface area contributed by atoms with Crippen LogP contribution in [0.4, 0.5) is 4.79 Å². The van der Waals surface area contributed by atoms with Crippen LogP contribution in [0.2, 0.25) is 0 Å². The molecule has 6 heteroatoms. The third-order valence-corrected chi connectivity index (χ3v) is 5.83. The van der Waals surface area contributed by atoms with E-state index in [1.165, 1.54) is 22.3 Å². The lowest BCUT2D eigenvalue weighted by molar-refractivity contribution is -0.137. The van der Waals surface area contributed by atoms with E-state index >= 15 is 0 Å². The first kappa shape index (κ1) is 19.5. The fourth-order valence-electron chi connectivity index (χ4n) is 4.29. The zero-order chi connectivity index (χ0) is 20.2. The van der Waals surface area contributed by atoms with Crippen LogP contribution in [-0.4, -0.2) is 66.3 Å². The molecule has 29 heavy (non-hydrogen) atoms. The van der Waals surface area contributed by atoms with E-state index in [9.17, 15) is 9.59 Å². The van der Waals surface area contributed by atoms with Gasteiger partial charge in [0.1, 0.15) is 6.61 Å². The summed E-state index contributed by atoms with van der Waals surface area (Å²) < 4.78 is 5.72. The van der Waals surface area contributed by atoms with E-state index < -0.39 is 5.97 Å². The zero-order valence-electron chi connectivity index (χ0n) is 16.4. The Kier molecular flexibility index (Phi) is 5.81. The molecule has 2 aliphatic rings. The van der Waals surface area contributed by atoms with Crippen LogP contribution in [0.1, 0.15) is 29.9 Å². The summed E-state index contributed by atoms with van der Waals surface area (Å²) in [6.07, 6.45) is 0.560. The monoisotopic (exact) mass is 394 g/mol. The second-order valence-corrected chi connectivity index (χ2v) is 7.63. The number of aliphatic carboxylic acids is 1. The first-order chi connectivity index (χ1) is 14.1. The SMILES string of the molecule is O=C(O)CCCN1CCN(C(=O)OCC2c3ccccc3-c3ccccc32)CC1. The van der Waals surface area contributed by atoms with Crippen molar-refractivity contribution in [1.82, 2.24) is 9.80 Å². The number of ether oxygens (including phenoxy) is 1. The van der Waals surface area contributed by atoms with Crippen molar-refractivity contribution in [3.63, 3.8) is 0 Å². The summed E-state index contributed by atoms with van der Waals surface area (Å²) >= 11 is 0. The van der Waals surface area contributed by atoms with Crippen molar-refractivity contribution in [2.75, 3.05) is 39.3 Å². The Balaban J connectivity index is 1.31. The third-order valence-electron chi connectivity index (χ3n) is 5.83. The molecule has 0 spiro atoms. The first-order valence-electron chi connectivity index (χ1n) is 10.2. The van der Waals surface area contributed by atoms with Crippen LogP contribution < -0.4 is 0 Å². The lowest BCUT2D eigenvalue weighted by Gasteiger charge is -2.34. The molecule has 1 N–H and O–H groups in total. The Bertz CT molecular complexity index is 844. The van der Waals surface area contributed by atoms with Gasteiger partial charge in [-0.15, -0.1) is 0 Å². The molecule has 1 amide bonds. The van der Waals surface area contributed by atoms with Crippen molar-refractivity contribution >= 4 is 12.1 Å². The Morgan fingerprint density at radius 2 is 1.52 bits per heavy atom. The zero-order valence-corrected chi connectivity index (χ0v) is 16.4. The van der Waals surface area contributed by atoms with Gasteiger partial charge in [-0.3, -0.25) is 9.69 Å². The van der Waals surface area contributed by atoms with Crippen molar-refractivity contribution in [3.8, 4) is 11.1 Å². The molecule has 0 aromatic heterocycles. The van der Waals surface area contributed by atoms with Crippen LogP contribution in [0.5, 0.6) is 0 Å². The van der Waals surface area contributed by atoms with E-state index in [0.717, 1.165) is 19.6 Å². The number of hydrogen-bond acceptors (Lipinski definition) is 4. The van der Waals surface area contributed by atoms with Gasteiger partial charge in [0.25, 0.3) is 0 Å². The minimum absolute atomic E-state index is 0.0728. The van der Waals surface area contributed by atoms with Gasteiger partial charge in [-0.1, -0.05) is 48.5 Å². The van der Waals surface area contributed by atoms with E-state index in [1.54, 1.807) is 4.90 Å². The number of amides is 1. The first-order valence-corrected chi connectivity index (χ1v) is 10.2. The maximum absolute atomic E-state index is 12.6. The Hall–Kier alpha value is -2.86. The number of benzene rings is 2. The van der Waals surface area contributed by atoms with E-state index in [0.29, 0.717) is 26.1 Å². The predicted molar refractivity (Wildman–Crippen MR) is 110 cm³/mol. The predicted octanol–water partition coefficient (Wildman–Crippen LogP) is 3.42. The van der Waals surface area contributed by atoms with E-state index in [2.05, 4.69) is 29.2 Å². The van der Waals surface area contributed by atoms with Gasteiger partial charge in [0.05, 0.1) is 0 Å². The fraction of sp³-hybridized carbons (Fsp3) is 0.391. The molecule has 1 aliphatic heterocycles. The van der Waals surface area contributed by atoms with Crippen molar-refractivity contribution in [2.24, 2.45) is 0 Å². The lowest BCUT2D eigenvalue weighted by atomic mass is 9.98. The summed E-state index contributed by atoms with van der Waals surface area (Å²) in [5, 5.41) is 8.74. The molecular weight excluding hydrogens is 368 g/mol. The molecule has 0 atom stereocenters. The second kappa shape index (κ2) is 8.66. The topological polar surface area (TPSA) is 70.1 Å². The van der Waals surface area contributed by atoms with Gasteiger partial charge >= 0.3 is 12.1 Å². The maximum atomic E-state index is 12.6. The second-order valence-electron chi connectivity index (χ2n) is 7.63. The fourth-order valence-corrected chi connectivity index (χ4v) is 4.29. The minimum Gasteiger partial charge on any atom is -0.481 e. The summed E-state index contributed by atoms with van der Waals surface area (Å²) in [6.45, 7) is 3.83. The molecule has 4 rings (SSSR count). The van der Waals surface area contributed by atoms with Crippen LogP contribution >= 0.6 is 0 Å². The van der Waals surface area contributed by atoms with Gasteiger partial charge in [0, 0.05) is 38.5 Å². The van der Waals surface area contributed by atoms with E-state index in [1.807, 2.05) is 24.3 Å². The smallest absolute Gasteiger partial charge is 0.409 e. The van der Waals surface area contributed by atoms with Gasteiger partial charge in [-0.05, 0) is 35.2 Å². The lowest BCUT2D eigenvalue weighted by Crippen LogP contribution is -2.49. The van der Waals surface area contributed by atoms with Crippen LogP contribution in [-0.2, 0) is 9.53 Å². The molecule has 2 aromatic rings. The van der Waals surface area contributed by atoms with Gasteiger partial charge in [0.15, 0.2) is 0 Å². The van der Waals surface area contributed by atoms with Crippen molar-refractivity contribution in [3.05, 3.63) is 59.7 Å².